The zero-order valence-electron chi connectivity index (χ0n) is 12.6. The standard InChI is InChI=1S/C16H24N2O2/c1-12-4-7-15(20-9-8-16(19)18(2)3)13(10-12)11-17-14-5-6-14/h4,7,10,14,17H,5-6,8-9,11H2,1-3H3. The number of carbonyl (C=O) groups is 1. The van der Waals surface area contributed by atoms with Gasteiger partial charge in [0.05, 0.1) is 13.0 Å². The summed E-state index contributed by atoms with van der Waals surface area (Å²) >= 11 is 0. The first-order valence-corrected chi connectivity index (χ1v) is 7.22. The van der Waals surface area contributed by atoms with E-state index in [1.54, 1.807) is 19.0 Å². The Morgan fingerprint density at radius 2 is 2.15 bits per heavy atom. The minimum absolute atomic E-state index is 0.0924. The van der Waals surface area contributed by atoms with Gasteiger partial charge in [0.1, 0.15) is 5.75 Å². The van der Waals surface area contributed by atoms with Gasteiger partial charge in [-0.05, 0) is 25.8 Å². The lowest BCUT2D eigenvalue weighted by atomic mass is 10.1. The molecule has 1 aliphatic carbocycles. The van der Waals surface area contributed by atoms with Crippen LogP contribution in [0.1, 0.15) is 30.4 Å². The maximum atomic E-state index is 11.5. The van der Waals surface area contributed by atoms with Crippen LogP contribution in [0.15, 0.2) is 18.2 Å². The average Bonchev–Trinajstić information content (AvgIpc) is 3.22. The van der Waals surface area contributed by atoms with Crippen LogP contribution in [0, 0.1) is 6.92 Å². The van der Waals surface area contributed by atoms with Crippen molar-refractivity contribution in [3.05, 3.63) is 29.3 Å². The van der Waals surface area contributed by atoms with E-state index in [0.29, 0.717) is 19.1 Å². The zero-order chi connectivity index (χ0) is 14.5. The quantitative estimate of drug-likeness (QED) is 0.829. The summed E-state index contributed by atoms with van der Waals surface area (Å²) in [6, 6.07) is 6.88. The molecule has 0 aromatic heterocycles. The Bertz CT molecular complexity index is 468. The fourth-order valence-corrected chi connectivity index (χ4v) is 2.00. The zero-order valence-corrected chi connectivity index (χ0v) is 12.6. The van der Waals surface area contributed by atoms with Crippen LogP contribution in [0.2, 0.25) is 0 Å². The summed E-state index contributed by atoms with van der Waals surface area (Å²) in [5.41, 5.74) is 2.41. The van der Waals surface area contributed by atoms with Crippen LogP contribution in [0.25, 0.3) is 0 Å². The van der Waals surface area contributed by atoms with Gasteiger partial charge in [-0.15, -0.1) is 0 Å². The highest BCUT2D eigenvalue weighted by molar-refractivity contribution is 5.75. The molecule has 1 fully saturated rings. The number of carbonyl (C=O) groups excluding carboxylic acids is 1. The first kappa shape index (κ1) is 14.9. The van der Waals surface area contributed by atoms with Gasteiger partial charge in [-0.25, -0.2) is 0 Å². The third kappa shape index (κ3) is 4.53. The number of hydrogen-bond acceptors (Lipinski definition) is 3. The van der Waals surface area contributed by atoms with Crippen molar-refractivity contribution in [2.45, 2.75) is 38.8 Å². The van der Waals surface area contributed by atoms with Gasteiger partial charge < -0.3 is 15.0 Å². The Morgan fingerprint density at radius 3 is 2.80 bits per heavy atom. The summed E-state index contributed by atoms with van der Waals surface area (Å²) in [7, 11) is 3.53. The largest absolute Gasteiger partial charge is 0.493 e. The van der Waals surface area contributed by atoms with Gasteiger partial charge in [0.2, 0.25) is 5.91 Å². The average molecular weight is 276 g/mol. The third-order valence-electron chi connectivity index (χ3n) is 3.45. The van der Waals surface area contributed by atoms with Crippen LogP contribution in [0.4, 0.5) is 0 Å². The highest BCUT2D eigenvalue weighted by Crippen LogP contribution is 2.23. The molecule has 0 bridgehead atoms. The van der Waals surface area contributed by atoms with E-state index in [9.17, 15) is 4.79 Å². The normalized spacial score (nSPS) is 14.2. The Kier molecular flexibility index (Phi) is 5.01. The smallest absolute Gasteiger partial charge is 0.225 e. The van der Waals surface area contributed by atoms with E-state index in [0.717, 1.165) is 12.3 Å². The molecule has 20 heavy (non-hydrogen) atoms. The van der Waals surface area contributed by atoms with E-state index in [1.165, 1.54) is 24.0 Å². The highest BCUT2D eigenvalue weighted by atomic mass is 16.5. The second kappa shape index (κ2) is 6.75. The molecular weight excluding hydrogens is 252 g/mol. The van der Waals surface area contributed by atoms with Crippen molar-refractivity contribution in [2.75, 3.05) is 20.7 Å². The Morgan fingerprint density at radius 1 is 1.40 bits per heavy atom. The van der Waals surface area contributed by atoms with Crippen molar-refractivity contribution in [3.63, 3.8) is 0 Å². The Labute approximate surface area is 121 Å². The number of hydrogen-bond donors (Lipinski definition) is 1. The minimum atomic E-state index is 0.0924. The summed E-state index contributed by atoms with van der Waals surface area (Å²) < 4.78 is 5.78. The Balaban J connectivity index is 1.89. The topological polar surface area (TPSA) is 41.6 Å². The predicted molar refractivity (Wildman–Crippen MR) is 79.8 cm³/mol. The van der Waals surface area contributed by atoms with Crippen LogP contribution in [-0.4, -0.2) is 37.6 Å². The molecule has 4 heteroatoms. The number of amides is 1. The van der Waals surface area contributed by atoms with Crippen molar-refractivity contribution in [1.82, 2.24) is 10.2 Å². The van der Waals surface area contributed by atoms with E-state index < -0.39 is 0 Å². The van der Waals surface area contributed by atoms with Gasteiger partial charge in [-0.3, -0.25) is 4.79 Å². The summed E-state index contributed by atoms with van der Waals surface area (Å²) in [6.45, 7) is 3.35. The number of nitrogens with one attached hydrogen (secondary N) is 1. The molecule has 0 radical (unpaired) electrons. The van der Waals surface area contributed by atoms with E-state index in [1.807, 2.05) is 12.1 Å². The van der Waals surface area contributed by atoms with Gasteiger partial charge >= 0.3 is 0 Å². The maximum Gasteiger partial charge on any atom is 0.225 e. The molecule has 1 aliphatic rings. The molecule has 110 valence electrons. The van der Waals surface area contributed by atoms with E-state index in [2.05, 4.69) is 18.3 Å². The number of ether oxygens (including phenoxy) is 1. The second-order valence-electron chi connectivity index (χ2n) is 5.65. The molecular formula is C16H24N2O2. The Hall–Kier alpha value is -1.55. The molecule has 0 aliphatic heterocycles. The first-order chi connectivity index (χ1) is 9.56. The third-order valence-corrected chi connectivity index (χ3v) is 3.45. The van der Waals surface area contributed by atoms with E-state index in [-0.39, 0.29) is 5.91 Å². The first-order valence-electron chi connectivity index (χ1n) is 7.22. The van der Waals surface area contributed by atoms with Crippen LogP contribution >= 0.6 is 0 Å². The van der Waals surface area contributed by atoms with Crippen LogP contribution in [0.5, 0.6) is 5.75 Å². The summed E-state index contributed by atoms with van der Waals surface area (Å²) in [6.07, 6.45) is 2.97. The molecule has 1 aromatic carbocycles. The molecule has 0 atom stereocenters. The highest BCUT2D eigenvalue weighted by Gasteiger charge is 2.20. The number of nitrogens with zero attached hydrogens (tertiary/aromatic N) is 1. The SMILES string of the molecule is Cc1ccc(OCCC(=O)N(C)C)c(CNC2CC2)c1. The summed E-state index contributed by atoms with van der Waals surface area (Å²) in [5.74, 6) is 0.977. The van der Waals surface area contributed by atoms with Crippen LogP contribution in [-0.2, 0) is 11.3 Å². The van der Waals surface area contributed by atoms with Crippen molar-refractivity contribution in [1.29, 1.82) is 0 Å². The van der Waals surface area contributed by atoms with Gasteiger partial charge in [-0.2, -0.15) is 0 Å². The fraction of sp³-hybridized carbons (Fsp3) is 0.562. The van der Waals surface area contributed by atoms with Crippen molar-refractivity contribution in [3.8, 4) is 5.75 Å². The molecule has 1 aromatic rings. The molecule has 1 saturated carbocycles. The molecule has 1 N–H and O–H groups in total. The second-order valence-corrected chi connectivity index (χ2v) is 5.65. The lowest BCUT2D eigenvalue weighted by molar-refractivity contribution is -0.129. The summed E-state index contributed by atoms with van der Waals surface area (Å²) in [4.78, 5) is 13.1. The minimum Gasteiger partial charge on any atom is -0.493 e. The van der Waals surface area contributed by atoms with Crippen molar-refractivity contribution in [2.24, 2.45) is 0 Å². The van der Waals surface area contributed by atoms with Gasteiger partial charge in [0.15, 0.2) is 0 Å². The molecule has 0 unspecified atom stereocenters. The molecule has 0 saturated heterocycles. The molecule has 2 rings (SSSR count). The van der Waals surface area contributed by atoms with E-state index >= 15 is 0 Å². The van der Waals surface area contributed by atoms with Gasteiger partial charge in [0.25, 0.3) is 0 Å². The molecule has 0 spiro atoms. The van der Waals surface area contributed by atoms with Crippen LogP contribution in [0.3, 0.4) is 0 Å². The molecule has 0 heterocycles. The molecule has 4 nitrogen and oxygen atoms in total. The summed E-state index contributed by atoms with van der Waals surface area (Å²) in [5, 5.41) is 3.50. The van der Waals surface area contributed by atoms with E-state index in [4.69, 9.17) is 4.74 Å². The lowest BCUT2D eigenvalue weighted by Crippen LogP contribution is -2.23. The number of aryl methyl sites for hydroxylation is 1. The predicted octanol–water partition coefficient (Wildman–Crippen LogP) is 2.10. The lowest BCUT2D eigenvalue weighted by Gasteiger charge is -2.14. The van der Waals surface area contributed by atoms with Gasteiger partial charge in [0, 0.05) is 32.2 Å². The van der Waals surface area contributed by atoms with Gasteiger partial charge in [-0.1, -0.05) is 17.7 Å². The number of benzene rings is 1. The fourth-order valence-electron chi connectivity index (χ4n) is 2.00. The monoisotopic (exact) mass is 276 g/mol. The molecule has 1 amide bonds. The number of rotatable bonds is 7. The maximum absolute atomic E-state index is 11.5. The van der Waals surface area contributed by atoms with Crippen molar-refractivity contribution < 1.29 is 9.53 Å². The van der Waals surface area contributed by atoms with Crippen LogP contribution < -0.4 is 10.1 Å². The van der Waals surface area contributed by atoms with Crippen molar-refractivity contribution >= 4 is 5.91 Å².